The summed E-state index contributed by atoms with van der Waals surface area (Å²) in [5, 5.41) is 0. The van der Waals surface area contributed by atoms with E-state index in [1.165, 1.54) is 25.7 Å². The van der Waals surface area contributed by atoms with Crippen molar-refractivity contribution in [1.29, 1.82) is 0 Å². The summed E-state index contributed by atoms with van der Waals surface area (Å²) in [5.41, 5.74) is 3.70. The molecule has 8 aliphatic carbocycles. The number of hydrogen-bond acceptors (Lipinski definition) is 0. The van der Waals surface area contributed by atoms with Gasteiger partial charge in [-0.25, -0.2) is 0 Å². The molecule has 0 aromatic rings. The summed E-state index contributed by atoms with van der Waals surface area (Å²) in [6, 6.07) is 0. The smallest absolute Gasteiger partial charge is 0.0747 e. The normalized spacial score (nSPS) is 57.7. The van der Waals surface area contributed by atoms with Gasteiger partial charge in [-0.15, -0.1) is 0 Å². The second-order valence-corrected chi connectivity index (χ2v) is 9.11. The Morgan fingerprint density at radius 2 is 1.17 bits per heavy atom. The molecule has 2 saturated carbocycles. The molecule has 0 heterocycles. The number of hydrogen-bond donors (Lipinski definition) is 0. The standard InChI is InChI=1S/C16H14Br2/c17-15-7-5-13(3-1-11(13)9-15)16(18)8-6-14(15)4-2-12(14)10-16/h5-10H,1-4H2. The molecule has 0 N–H and O–H groups in total. The highest BCUT2D eigenvalue weighted by Gasteiger charge is 2.65. The molecule has 0 amide bonds. The second-order valence-electron chi connectivity index (χ2n) is 6.48. The lowest BCUT2D eigenvalue weighted by atomic mass is 9.44. The minimum absolute atomic E-state index is 0.0363. The molecule has 8 rings (SSSR count). The van der Waals surface area contributed by atoms with Crippen LogP contribution in [0.1, 0.15) is 25.7 Å². The van der Waals surface area contributed by atoms with E-state index in [0.717, 1.165) is 0 Å². The van der Waals surface area contributed by atoms with Crippen molar-refractivity contribution in [2.75, 3.05) is 0 Å². The van der Waals surface area contributed by atoms with Gasteiger partial charge in [0, 0.05) is 10.8 Å². The minimum atomic E-state index is 0.0363. The van der Waals surface area contributed by atoms with Gasteiger partial charge in [-0.3, -0.25) is 0 Å². The predicted octanol–water partition coefficient (Wildman–Crippen LogP) is 4.82. The number of alkyl halides is 2. The predicted molar refractivity (Wildman–Crippen MR) is 81.1 cm³/mol. The van der Waals surface area contributed by atoms with Gasteiger partial charge in [0.1, 0.15) is 0 Å². The van der Waals surface area contributed by atoms with Gasteiger partial charge in [-0.05, 0) is 25.7 Å². The zero-order valence-electron chi connectivity index (χ0n) is 10.0. The maximum Gasteiger partial charge on any atom is 0.0747 e. The van der Waals surface area contributed by atoms with Gasteiger partial charge < -0.3 is 0 Å². The average molecular weight is 366 g/mol. The molecule has 0 aromatic carbocycles. The molecule has 4 unspecified atom stereocenters. The van der Waals surface area contributed by atoms with Crippen LogP contribution in [0, 0.1) is 10.8 Å². The third-order valence-electron chi connectivity index (χ3n) is 6.08. The van der Waals surface area contributed by atoms with Crippen LogP contribution in [0.5, 0.6) is 0 Å². The topological polar surface area (TPSA) is 0 Å². The molecule has 92 valence electrons. The Hall–Kier alpha value is -0.0800. The number of rotatable bonds is 0. The Balaban J connectivity index is 1.90. The quantitative estimate of drug-likeness (QED) is 0.426. The Morgan fingerprint density at radius 3 is 1.44 bits per heavy atom. The summed E-state index contributed by atoms with van der Waals surface area (Å²) >= 11 is 8.12. The van der Waals surface area contributed by atoms with E-state index in [2.05, 4.69) is 68.3 Å². The van der Waals surface area contributed by atoms with E-state index >= 15 is 0 Å². The fourth-order valence-electron chi connectivity index (χ4n) is 4.68. The van der Waals surface area contributed by atoms with Gasteiger partial charge in [0.05, 0.1) is 8.65 Å². The number of allylic oxidation sites excluding steroid dienone is 8. The molecular formula is C16H14Br2. The van der Waals surface area contributed by atoms with Gasteiger partial charge in [0.15, 0.2) is 0 Å². The second kappa shape index (κ2) is 2.69. The fraction of sp³-hybridized carbons (Fsp3) is 0.500. The van der Waals surface area contributed by atoms with Gasteiger partial charge in [0.25, 0.3) is 0 Å². The van der Waals surface area contributed by atoms with E-state index in [1.807, 2.05) is 0 Å². The largest absolute Gasteiger partial charge is 0.0749 e. The molecule has 0 aliphatic heterocycles. The average Bonchev–Trinajstić information content (AvgIpc) is 2.28. The van der Waals surface area contributed by atoms with Crippen LogP contribution in [0.25, 0.3) is 0 Å². The maximum absolute atomic E-state index is 4.06. The summed E-state index contributed by atoms with van der Waals surface area (Å²) in [6.07, 6.45) is 19.9. The van der Waals surface area contributed by atoms with Crippen molar-refractivity contribution in [3.8, 4) is 0 Å². The highest BCUT2D eigenvalue weighted by Crippen LogP contribution is 2.72. The van der Waals surface area contributed by atoms with E-state index in [4.69, 9.17) is 0 Å². The van der Waals surface area contributed by atoms with Crippen LogP contribution in [-0.4, -0.2) is 8.65 Å². The van der Waals surface area contributed by atoms with Crippen LogP contribution in [-0.2, 0) is 0 Å². The van der Waals surface area contributed by atoms with Crippen molar-refractivity contribution in [1.82, 2.24) is 0 Å². The Morgan fingerprint density at radius 1 is 0.722 bits per heavy atom. The van der Waals surface area contributed by atoms with E-state index in [9.17, 15) is 0 Å². The summed E-state index contributed by atoms with van der Waals surface area (Å²) in [6.45, 7) is 0. The molecule has 2 fully saturated rings. The molecule has 8 aliphatic rings. The molecular weight excluding hydrogens is 352 g/mol. The van der Waals surface area contributed by atoms with Gasteiger partial charge in [-0.2, -0.15) is 0 Å². The van der Waals surface area contributed by atoms with Crippen LogP contribution >= 0.6 is 31.9 Å². The van der Waals surface area contributed by atoms with Crippen molar-refractivity contribution in [3.05, 3.63) is 47.6 Å². The molecule has 0 saturated heterocycles. The van der Waals surface area contributed by atoms with E-state index in [-0.39, 0.29) is 19.5 Å². The van der Waals surface area contributed by atoms with Crippen molar-refractivity contribution in [2.24, 2.45) is 10.8 Å². The van der Waals surface area contributed by atoms with Crippen LogP contribution in [0.2, 0.25) is 0 Å². The molecule has 0 nitrogen and oxygen atoms in total. The third-order valence-corrected chi connectivity index (χ3v) is 8.48. The van der Waals surface area contributed by atoms with E-state index in [0.29, 0.717) is 0 Å². The number of halogens is 2. The summed E-state index contributed by atoms with van der Waals surface area (Å²) < 4.78 is 0.0726. The lowest BCUT2D eigenvalue weighted by molar-refractivity contribution is 0.216. The molecule has 2 spiro atoms. The SMILES string of the molecule is BrC12C=CC3(CCC3=C1)C1(Br)C=CC23CCC3=C1. The molecule has 4 bridgehead atoms. The first-order chi connectivity index (χ1) is 8.54. The third kappa shape index (κ3) is 0.816. The maximum atomic E-state index is 4.06. The summed E-state index contributed by atoms with van der Waals surface area (Å²) in [7, 11) is 0. The Kier molecular flexibility index (Phi) is 1.60. The fourth-order valence-corrected chi connectivity index (χ4v) is 6.66. The summed E-state index contributed by atoms with van der Waals surface area (Å²) in [4.78, 5) is 0. The van der Waals surface area contributed by atoms with Gasteiger partial charge >= 0.3 is 0 Å². The van der Waals surface area contributed by atoms with Crippen LogP contribution < -0.4 is 0 Å². The zero-order chi connectivity index (χ0) is 12.2. The zero-order valence-corrected chi connectivity index (χ0v) is 13.2. The monoisotopic (exact) mass is 364 g/mol. The lowest BCUT2D eigenvalue weighted by Gasteiger charge is -2.64. The molecule has 0 radical (unpaired) electrons. The molecule has 2 heteroatoms. The van der Waals surface area contributed by atoms with Crippen LogP contribution in [0.15, 0.2) is 47.6 Å². The first-order valence-corrected chi connectivity index (χ1v) is 8.35. The van der Waals surface area contributed by atoms with Crippen LogP contribution in [0.4, 0.5) is 0 Å². The minimum Gasteiger partial charge on any atom is -0.0749 e. The first-order valence-electron chi connectivity index (χ1n) is 6.77. The first kappa shape index (κ1) is 10.7. The van der Waals surface area contributed by atoms with Crippen molar-refractivity contribution in [2.45, 2.75) is 34.3 Å². The van der Waals surface area contributed by atoms with Crippen molar-refractivity contribution < 1.29 is 0 Å². The molecule has 18 heavy (non-hydrogen) atoms. The van der Waals surface area contributed by atoms with Crippen molar-refractivity contribution >= 4 is 31.9 Å². The van der Waals surface area contributed by atoms with Gasteiger partial charge in [0.2, 0.25) is 0 Å². The van der Waals surface area contributed by atoms with Crippen molar-refractivity contribution in [3.63, 3.8) is 0 Å². The summed E-state index contributed by atoms with van der Waals surface area (Å²) in [5.74, 6) is 0. The molecule has 0 aromatic heterocycles. The Labute approximate surface area is 124 Å². The molecule has 4 atom stereocenters. The van der Waals surface area contributed by atoms with E-state index < -0.39 is 0 Å². The highest BCUT2D eigenvalue weighted by atomic mass is 79.9. The van der Waals surface area contributed by atoms with E-state index in [1.54, 1.807) is 11.1 Å². The van der Waals surface area contributed by atoms with Crippen LogP contribution in [0.3, 0.4) is 0 Å². The Bertz CT molecular complexity index is 557. The highest BCUT2D eigenvalue weighted by molar-refractivity contribution is 9.10. The lowest BCUT2D eigenvalue weighted by Crippen LogP contribution is -2.59. The van der Waals surface area contributed by atoms with Gasteiger partial charge in [-0.1, -0.05) is 79.5 Å².